The van der Waals surface area contributed by atoms with E-state index in [0.717, 1.165) is 56.2 Å². The molecule has 32 heavy (non-hydrogen) atoms. The molecule has 2 aliphatic rings. The van der Waals surface area contributed by atoms with E-state index in [-0.39, 0.29) is 11.1 Å². The number of aliphatic carboxylic acids is 1. The molecule has 1 atom stereocenters. The molecule has 0 unspecified atom stereocenters. The number of nitrogens with one attached hydrogen (secondary N) is 1. The first kappa shape index (κ1) is 22.3. The van der Waals surface area contributed by atoms with E-state index >= 15 is 0 Å². The van der Waals surface area contributed by atoms with E-state index in [0.29, 0.717) is 18.0 Å². The van der Waals surface area contributed by atoms with Crippen LogP contribution in [0, 0.1) is 5.92 Å². The smallest absolute Gasteiger partial charge is 0.330 e. The molecule has 1 aromatic heterocycles. The van der Waals surface area contributed by atoms with Gasteiger partial charge in [-0.2, -0.15) is 0 Å². The highest BCUT2D eigenvalue weighted by molar-refractivity contribution is 5.96. The number of nitrogens with zero attached hydrogens (tertiary/aromatic N) is 1. The summed E-state index contributed by atoms with van der Waals surface area (Å²) in [6.07, 6.45) is 10.8. The van der Waals surface area contributed by atoms with Gasteiger partial charge in [-0.3, -0.25) is 9.59 Å². The largest absolute Gasteiger partial charge is 0.479 e. The number of carbonyl (C=O) groups is 2. The molecule has 0 bridgehead atoms. The Kier molecular flexibility index (Phi) is 7.08. The highest BCUT2D eigenvalue weighted by Gasteiger charge is 2.27. The van der Waals surface area contributed by atoms with Crippen LogP contribution in [0.25, 0.3) is 0 Å². The van der Waals surface area contributed by atoms with Crippen molar-refractivity contribution in [3.05, 3.63) is 69.1 Å². The van der Waals surface area contributed by atoms with Crippen molar-refractivity contribution in [2.45, 2.75) is 76.8 Å². The van der Waals surface area contributed by atoms with Gasteiger partial charge in [-0.1, -0.05) is 56.0 Å². The number of carboxylic acid groups (broad SMARTS) is 1. The zero-order valence-corrected chi connectivity index (χ0v) is 18.5. The third kappa shape index (κ3) is 4.95. The second-order valence-electron chi connectivity index (χ2n) is 9.17. The lowest BCUT2D eigenvalue weighted by Gasteiger charge is -2.25. The minimum atomic E-state index is -1.20. The number of carboxylic acids is 1. The molecule has 0 radical (unpaired) electrons. The lowest BCUT2D eigenvalue weighted by atomic mass is 9.89. The average Bonchev–Trinajstić information content (AvgIpc) is 3.05. The van der Waals surface area contributed by atoms with E-state index in [2.05, 4.69) is 5.32 Å². The molecule has 1 heterocycles. The van der Waals surface area contributed by atoms with Crippen molar-refractivity contribution in [2.75, 3.05) is 0 Å². The Balaban J connectivity index is 1.69. The molecular formula is C26H32N2O4. The van der Waals surface area contributed by atoms with Crippen LogP contribution in [0.3, 0.4) is 0 Å². The van der Waals surface area contributed by atoms with Crippen LogP contribution in [0.1, 0.15) is 84.6 Å². The number of pyridine rings is 1. The second kappa shape index (κ2) is 10.2. The van der Waals surface area contributed by atoms with Gasteiger partial charge >= 0.3 is 5.97 Å². The Hall–Kier alpha value is -2.89. The molecule has 170 valence electrons. The third-order valence-electron chi connectivity index (χ3n) is 6.92. The zero-order valence-electron chi connectivity index (χ0n) is 18.5. The van der Waals surface area contributed by atoms with E-state index in [1.165, 1.54) is 19.3 Å². The minimum absolute atomic E-state index is 0.0589. The van der Waals surface area contributed by atoms with Gasteiger partial charge in [-0.25, -0.2) is 4.79 Å². The number of fused-ring (bicyclic) bond motifs is 1. The molecule has 0 saturated heterocycles. The van der Waals surface area contributed by atoms with Gasteiger partial charge < -0.3 is 15.0 Å². The van der Waals surface area contributed by atoms with Gasteiger partial charge in [0.1, 0.15) is 5.56 Å². The number of carbonyl (C=O) groups excluding carboxylic acids is 1. The Labute approximate surface area is 188 Å². The van der Waals surface area contributed by atoms with Gasteiger partial charge in [-0.05, 0) is 61.6 Å². The summed E-state index contributed by atoms with van der Waals surface area (Å²) in [7, 11) is 0. The summed E-state index contributed by atoms with van der Waals surface area (Å²) >= 11 is 0. The Morgan fingerprint density at radius 3 is 2.41 bits per heavy atom. The second-order valence-corrected chi connectivity index (χ2v) is 9.17. The molecular weight excluding hydrogens is 404 g/mol. The summed E-state index contributed by atoms with van der Waals surface area (Å²) in [5.74, 6) is -1.30. The molecule has 1 fully saturated rings. The van der Waals surface area contributed by atoms with Crippen LogP contribution in [-0.4, -0.2) is 21.6 Å². The van der Waals surface area contributed by atoms with E-state index in [9.17, 15) is 19.5 Å². The van der Waals surface area contributed by atoms with Crippen LogP contribution >= 0.6 is 0 Å². The summed E-state index contributed by atoms with van der Waals surface area (Å²) < 4.78 is 1.85. The average molecular weight is 437 g/mol. The highest BCUT2D eigenvalue weighted by Crippen LogP contribution is 2.27. The molecule has 1 amide bonds. The van der Waals surface area contributed by atoms with Crippen LogP contribution < -0.4 is 10.9 Å². The molecule has 1 saturated carbocycles. The first-order valence-electron chi connectivity index (χ1n) is 11.9. The van der Waals surface area contributed by atoms with Crippen molar-refractivity contribution in [1.82, 2.24) is 9.88 Å². The molecule has 0 aliphatic heterocycles. The van der Waals surface area contributed by atoms with E-state index in [1.54, 1.807) is 36.4 Å². The highest BCUT2D eigenvalue weighted by atomic mass is 16.4. The normalized spacial score (nSPS) is 17.8. The number of amides is 1. The molecule has 2 N–H and O–H groups in total. The van der Waals surface area contributed by atoms with Crippen LogP contribution in [-0.2, 0) is 24.2 Å². The molecule has 1 aromatic carbocycles. The van der Waals surface area contributed by atoms with Crippen molar-refractivity contribution < 1.29 is 14.7 Å². The fraction of sp³-hybridized carbons (Fsp3) is 0.500. The van der Waals surface area contributed by atoms with E-state index in [1.807, 2.05) is 4.57 Å². The quantitative estimate of drug-likeness (QED) is 0.663. The predicted molar refractivity (Wildman–Crippen MR) is 123 cm³/mol. The molecule has 2 aliphatic carbocycles. The summed E-state index contributed by atoms with van der Waals surface area (Å²) in [5, 5.41) is 12.3. The Bertz CT molecular complexity index is 1020. The monoisotopic (exact) mass is 436 g/mol. The molecule has 0 spiro atoms. The van der Waals surface area contributed by atoms with Gasteiger partial charge in [0.05, 0.1) is 0 Å². The maximum absolute atomic E-state index is 13.5. The molecule has 6 heteroatoms. The summed E-state index contributed by atoms with van der Waals surface area (Å²) in [4.78, 5) is 38.6. The fourth-order valence-electron chi connectivity index (χ4n) is 5.18. The van der Waals surface area contributed by atoms with Crippen LogP contribution in [0.2, 0.25) is 0 Å². The van der Waals surface area contributed by atoms with E-state index in [4.69, 9.17) is 0 Å². The van der Waals surface area contributed by atoms with Crippen LogP contribution in [0.5, 0.6) is 0 Å². The van der Waals surface area contributed by atoms with Gasteiger partial charge in [0.2, 0.25) is 0 Å². The number of rotatable bonds is 6. The van der Waals surface area contributed by atoms with Crippen molar-refractivity contribution in [3.8, 4) is 0 Å². The summed E-state index contributed by atoms with van der Waals surface area (Å²) in [6.45, 7) is 0.656. The number of hydrogen-bond donors (Lipinski definition) is 2. The Morgan fingerprint density at radius 2 is 1.69 bits per heavy atom. The summed E-state index contributed by atoms with van der Waals surface area (Å²) in [6, 6.07) is 9.11. The van der Waals surface area contributed by atoms with Crippen molar-refractivity contribution >= 4 is 11.9 Å². The number of benzene rings is 1. The fourth-order valence-corrected chi connectivity index (χ4v) is 5.18. The van der Waals surface area contributed by atoms with Gasteiger partial charge in [0, 0.05) is 12.2 Å². The van der Waals surface area contributed by atoms with Crippen molar-refractivity contribution in [3.63, 3.8) is 0 Å². The standard InChI is InChI=1S/C26H32N2O4/c29-24(27-23(26(31)32)19-12-6-2-7-13-19)21-16-20-14-8-3-9-15-22(20)28(25(21)30)17-18-10-4-1-5-11-18/h2,6-7,12-13,16,18,23H,1,3-5,8-11,14-15,17H2,(H,27,29)(H,31,32)/t23-/m1/s1. The topological polar surface area (TPSA) is 88.4 Å². The van der Waals surface area contributed by atoms with Gasteiger partial charge in [0.25, 0.3) is 11.5 Å². The molecule has 4 rings (SSSR count). The van der Waals surface area contributed by atoms with Gasteiger partial charge in [-0.15, -0.1) is 0 Å². The van der Waals surface area contributed by atoms with Crippen molar-refractivity contribution in [2.24, 2.45) is 5.92 Å². The first-order chi connectivity index (χ1) is 15.5. The number of hydrogen-bond acceptors (Lipinski definition) is 3. The van der Waals surface area contributed by atoms with Crippen molar-refractivity contribution in [1.29, 1.82) is 0 Å². The number of aromatic nitrogens is 1. The molecule has 6 nitrogen and oxygen atoms in total. The lowest BCUT2D eigenvalue weighted by molar-refractivity contribution is -0.139. The first-order valence-corrected chi connectivity index (χ1v) is 11.9. The number of aryl methyl sites for hydroxylation is 1. The lowest BCUT2D eigenvalue weighted by Crippen LogP contribution is -2.39. The predicted octanol–water partition coefficient (Wildman–Crippen LogP) is 4.25. The summed E-state index contributed by atoms with van der Waals surface area (Å²) in [5.41, 5.74) is 2.39. The van der Waals surface area contributed by atoms with Gasteiger partial charge in [0.15, 0.2) is 6.04 Å². The Morgan fingerprint density at radius 1 is 1.00 bits per heavy atom. The van der Waals surface area contributed by atoms with E-state index < -0.39 is 17.9 Å². The zero-order chi connectivity index (χ0) is 22.5. The minimum Gasteiger partial charge on any atom is -0.479 e. The maximum atomic E-state index is 13.5. The third-order valence-corrected chi connectivity index (χ3v) is 6.92. The van der Waals surface area contributed by atoms with Crippen LogP contribution in [0.4, 0.5) is 0 Å². The van der Waals surface area contributed by atoms with Crippen LogP contribution in [0.15, 0.2) is 41.2 Å². The SMILES string of the molecule is O=C(N[C@@H](C(=O)O)c1ccccc1)c1cc2c(n(CC3CCCCC3)c1=O)CCCCC2. The molecule has 2 aromatic rings. The maximum Gasteiger partial charge on any atom is 0.330 e.